The number of hydrogen-bond acceptors (Lipinski definition) is 3. The fourth-order valence-corrected chi connectivity index (χ4v) is 2.42. The molecule has 1 aromatic carbocycles. The van der Waals surface area contributed by atoms with Crippen molar-refractivity contribution in [3.8, 4) is 0 Å². The molecule has 1 N–H and O–H groups in total. The molecule has 4 nitrogen and oxygen atoms in total. The van der Waals surface area contributed by atoms with Gasteiger partial charge in [-0.3, -0.25) is 4.79 Å². The van der Waals surface area contributed by atoms with E-state index in [1.807, 2.05) is 6.07 Å². The van der Waals surface area contributed by atoms with Gasteiger partial charge in [-0.1, -0.05) is 37.5 Å². The van der Waals surface area contributed by atoms with Crippen molar-refractivity contribution in [1.82, 2.24) is 5.32 Å². The molecule has 20 heavy (non-hydrogen) atoms. The van der Waals surface area contributed by atoms with E-state index >= 15 is 0 Å². The van der Waals surface area contributed by atoms with Crippen LogP contribution in [0.25, 0.3) is 0 Å². The first-order chi connectivity index (χ1) is 9.66. The highest BCUT2D eigenvalue weighted by Crippen LogP contribution is 2.17. The van der Waals surface area contributed by atoms with Crippen LogP contribution in [0, 0.1) is 0 Å². The van der Waals surface area contributed by atoms with Crippen LogP contribution >= 0.6 is 0 Å². The summed E-state index contributed by atoms with van der Waals surface area (Å²) >= 11 is 0. The van der Waals surface area contributed by atoms with Crippen molar-refractivity contribution in [2.45, 2.75) is 51.2 Å². The van der Waals surface area contributed by atoms with E-state index in [2.05, 4.69) is 5.32 Å². The van der Waals surface area contributed by atoms with Crippen LogP contribution in [0.1, 0.15) is 49.4 Å². The molecule has 1 saturated carbocycles. The second-order valence-corrected chi connectivity index (χ2v) is 5.26. The summed E-state index contributed by atoms with van der Waals surface area (Å²) in [6.07, 6.45) is 4.83. The molecular weight excluding hydrogens is 254 g/mol. The Kier molecular flexibility index (Phi) is 5.16. The number of hydrogen-bond donors (Lipinski definition) is 1. The summed E-state index contributed by atoms with van der Waals surface area (Å²) < 4.78 is 5.19. The number of esters is 1. The van der Waals surface area contributed by atoms with Crippen LogP contribution < -0.4 is 5.32 Å². The Morgan fingerprint density at radius 3 is 2.45 bits per heavy atom. The smallest absolute Gasteiger partial charge is 0.338 e. The van der Waals surface area contributed by atoms with Gasteiger partial charge in [0, 0.05) is 6.04 Å². The van der Waals surface area contributed by atoms with Gasteiger partial charge in [0.05, 0.1) is 5.56 Å². The van der Waals surface area contributed by atoms with E-state index in [1.165, 1.54) is 6.42 Å². The van der Waals surface area contributed by atoms with Gasteiger partial charge in [0.25, 0.3) is 5.91 Å². The van der Waals surface area contributed by atoms with Gasteiger partial charge in [-0.25, -0.2) is 4.79 Å². The van der Waals surface area contributed by atoms with Crippen LogP contribution in [0.5, 0.6) is 0 Å². The summed E-state index contributed by atoms with van der Waals surface area (Å²) in [5.41, 5.74) is 0.463. The average Bonchev–Trinajstić information content (AvgIpc) is 2.49. The van der Waals surface area contributed by atoms with Gasteiger partial charge in [0.1, 0.15) is 0 Å². The van der Waals surface area contributed by atoms with Crippen molar-refractivity contribution in [2.24, 2.45) is 0 Å². The van der Waals surface area contributed by atoms with Crippen molar-refractivity contribution in [3.63, 3.8) is 0 Å². The third-order valence-corrected chi connectivity index (χ3v) is 3.61. The molecule has 1 atom stereocenters. The van der Waals surface area contributed by atoms with E-state index in [4.69, 9.17) is 4.74 Å². The van der Waals surface area contributed by atoms with Gasteiger partial charge in [-0.05, 0) is 31.9 Å². The molecule has 0 bridgehead atoms. The number of carbonyl (C=O) groups excluding carboxylic acids is 2. The van der Waals surface area contributed by atoms with E-state index in [9.17, 15) is 9.59 Å². The molecule has 1 aliphatic carbocycles. The molecule has 108 valence electrons. The topological polar surface area (TPSA) is 55.4 Å². The Balaban J connectivity index is 1.83. The highest BCUT2D eigenvalue weighted by molar-refractivity contribution is 5.92. The van der Waals surface area contributed by atoms with Gasteiger partial charge in [-0.2, -0.15) is 0 Å². The maximum absolute atomic E-state index is 12.0. The number of carbonyl (C=O) groups is 2. The third kappa shape index (κ3) is 4.08. The predicted molar refractivity (Wildman–Crippen MR) is 76.3 cm³/mol. The highest BCUT2D eigenvalue weighted by Gasteiger charge is 2.22. The van der Waals surface area contributed by atoms with Crippen LogP contribution in [-0.2, 0) is 9.53 Å². The molecular formula is C16H21NO3. The minimum atomic E-state index is -0.760. The molecule has 0 spiro atoms. The van der Waals surface area contributed by atoms with E-state index in [0.29, 0.717) is 5.56 Å². The maximum atomic E-state index is 12.0. The number of nitrogens with one attached hydrogen (secondary N) is 1. The van der Waals surface area contributed by atoms with Crippen molar-refractivity contribution in [1.29, 1.82) is 0 Å². The zero-order valence-corrected chi connectivity index (χ0v) is 11.8. The summed E-state index contributed by atoms with van der Waals surface area (Å²) in [7, 11) is 0. The van der Waals surface area contributed by atoms with Crippen molar-refractivity contribution in [3.05, 3.63) is 35.9 Å². The van der Waals surface area contributed by atoms with Gasteiger partial charge in [0.2, 0.25) is 0 Å². The maximum Gasteiger partial charge on any atom is 0.338 e. The van der Waals surface area contributed by atoms with Crippen LogP contribution in [0.2, 0.25) is 0 Å². The van der Waals surface area contributed by atoms with Crippen molar-refractivity contribution in [2.75, 3.05) is 0 Å². The number of amides is 1. The Bertz CT molecular complexity index is 452. The van der Waals surface area contributed by atoms with Gasteiger partial charge in [0.15, 0.2) is 6.10 Å². The summed E-state index contributed by atoms with van der Waals surface area (Å²) in [4.78, 5) is 23.8. The lowest BCUT2D eigenvalue weighted by molar-refractivity contribution is -0.130. The van der Waals surface area contributed by atoms with Crippen molar-refractivity contribution < 1.29 is 14.3 Å². The minimum absolute atomic E-state index is 0.207. The Hall–Kier alpha value is -1.84. The zero-order chi connectivity index (χ0) is 14.4. The lowest BCUT2D eigenvalue weighted by Crippen LogP contribution is -2.42. The van der Waals surface area contributed by atoms with Crippen LogP contribution in [0.4, 0.5) is 0 Å². The summed E-state index contributed by atoms with van der Waals surface area (Å²) in [5, 5.41) is 2.96. The largest absolute Gasteiger partial charge is 0.449 e. The highest BCUT2D eigenvalue weighted by atomic mass is 16.5. The van der Waals surface area contributed by atoms with Gasteiger partial charge >= 0.3 is 5.97 Å². The quantitative estimate of drug-likeness (QED) is 0.859. The van der Waals surface area contributed by atoms with Crippen LogP contribution in [-0.4, -0.2) is 24.0 Å². The van der Waals surface area contributed by atoms with E-state index in [0.717, 1.165) is 25.7 Å². The Morgan fingerprint density at radius 2 is 1.80 bits per heavy atom. The second kappa shape index (κ2) is 7.08. The minimum Gasteiger partial charge on any atom is -0.449 e. The molecule has 0 heterocycles. The molecule has 0 saturated heterocycles. The number of ether oxygens (including phenoxy) is 1. The SMILES string of the molecule is C[C@@H](OC(=O)c1ccccc1)C(=O)NC1CCCCC1. The Labute approximate surface area is 119 Å². The third-order valence-electron chi connectivity index (χ3n) is 3.61. The monoisotopic (exact) mass is 275 g/mol. The second-order valence-electron chi connectivity index (χ2n) is 5.26. The van der Waals surface area contributed by atoms with Gasteiger partial charge < -0.3 is 10.1 Å². The fraction of sp³-hybridized carbons (Fsp3) is 0.500. The summed E-state index contributed by atoms with van der Waals surface area (Å²) in [6.45, 7) is 1.61. The summed E-state index contributed by atoms with van der Waals surface area (Å²) in [5.74, 6) is -0.668. The van der Waals surface area contributed by atoms with Crippen molar-refractivity contribution >= 4 is 11.9 Å². The number of benzene rings is 1. The fourth-order valence-electron chi connectivity index (χ4n) is 2.42. The predicted octanol–water partition coefficient (Wildman–Crippen LogP) is 2.68. The molecule has 1 amide bonds. The first kappa shape index (κ1) is 14.6. The molecule has 0 radical (unpaired) electrons. The van der Waals surface area contributed by atoms with Crippen LogP contribution in [0.15, 0.2) is 30.3 Å². The molecule has 2 rings (SSSR count). The van der Waals surface area contributed by atoms with E-state index in [-0.39, 0.29) is 11.9 Å². The zero-order valence-electron chi connectivity index (χ0n) is 11.8. The molecule has 1 aromatic rings. The number of rotatable bonds is 4. The molecule has 0 unspecified atom stereocenters. The van der Waals surface area contributed by atoms with Gasteiger partial charge in [-0.15, -0.1) is 0 Å². The lowest BCUT2D eigenvalue weighted by atomic mass is 9.95. The average molecular weight is 275 g/mol. The summed E-state index contributed by atoms with van der Waals surface area (Å²) in [6, 6.07) is 8.94. The first-order valence-corrected chi connectivity index (χ1v) is 7.23. The van der Waals surface area contributed by atoms with E-state index in [1.54, 1.807) is 31.2 Å². The standard InChI is InChI=1S/C16H21NO3/c1-12(15(18)17-14-10-6-3-7-11-14)20-16(19)13-8-4-2-5-9-13/h2,4-5,8-9,12,14H,3,6-7,10-11H2,1H3,(H,17,18)/t12-/m1/s1. The molecule has 1 fully saturated rings. The molecule has 1 aliphatic rings. The molecule has 4 heteroatoms. The van der Waals surface area contributed by atoms with Crippen LogP contribution in [0.3, 0.4) is 0 Å². The normalized spacial score (nSPS) is 17.2. The first-order valence-electron chi connectivity index (χ1n) is 7.23. The van der Waals surface area contributed by atoms with E-state index < -0.39 is 12.1 Å². The molecule has 0 aromatic heterocycles. The lowest BCUT2D eigenvalue weighted by Gasteiger charge is -2.24. The Morgan fingerprint density at radius 1 is 1.15 bits per heavy atom. The molecule has 0 aliphatic heterocycles.